The van der Waals surface area contributed by atoms with Crippen LogP contribution in [0.15, 0.2) is 30.3 Å². The van der Waals surface area contributed by atoms with Crippen molar-refractivity contribution in [2.24, 2.45) is 0 Å². The van der Waals surface area contributed by atoms with Gasteiger partial charge >= 0.3 is 0 Å². The van der Waals surface area contributed by atoms with Crippen LogP contribution in [0.2, 0.25) is 0 Å². The molecule has 1 heterocycles. The van der Waals surface area contributed by atoms with Crippen molar-refractivity contribution < 1.29 is 9.46 Å². The van der Waals surface area contributed by atoms with E-state index in [9.17, 15) is 9.46 Å². The summed E-state index contributed by atoms with van der Waals surface area (Å²) in [5, 5.41) is 3.05. The quantitative estimate of drug-likeness (QED) is 0.671. The maximum Gasteiger partial charge on any atom is 0.222 e. The smallest absolute Gasteiger partial charge is 0.222 e. The summed E-state index contributed by atoms with van der Waals surface area (Å²) in [5.41, 5.74) is 0.908. The van der Waals surface area contributed by atoms with Gasteiger partial charge in [-0.3, -0.25) is 4.57 Å². The van der Waals surface area contributed by atoms with Crippen LogP contribution in [0.1, 0.15) is 11.3 Å². The average Bonchev–Trinajstić information content (AvgIpc) is 2.47. The molecule has 13 heavy (non-hydrogen) atoms. The molecule has 1 aromatic carbocycles. The number of rotatable bonds is 1. The van der Waals surface area contributed by atoms with E-state index >= 15 is 0 Å². The lowest BCUT2D eigenvalue weighted by molar-refractivity contribution is 0.471. The van der Waals surface area contributed by atoms with E-state index in [2.05, 4.69) is 5.32 Å². The minimum Gasteiger partial charge on any atom is -0.343 e. The normalized spacial score (nSPS) is 33.5. The maximum atomic E-state index is 11.6. The molecule has 1 aromatic rings. The second kappa shape index (κ2) is 3.26. The Morgan fingerprint density at radius 1 is 1.38 bits per heavy atom. The summed E-state index contributed by atoms with van der Waals surface area (Å²) in [5.74, 6) is -0.353. The third-order valence-corrected chi connectivity index (χ3v) is 4.44. The van der Waals surface area contributed by atoms with Gasteiger partial charge in [0.25, 0.3) is 0 Å². The van der Waals surface area contributed by atoms with Crippen LogP contribution in [-0.4, -0.2) is 17.6 Å². The summed E-state index contributed by atoms with van der Waals surface area (Å²) in [7, 11) is -2.99. The van der Waals surface area contributed by atoms with Gasteiger partial charge in [0, 0.05) is 12.7 Å². The Morgan fingerprint density at radius 3 is 2.62 bits per heavy atom. The topological polar surface area (TPSA) is 49.3 Å². The molecule has 1 fully saturated rings. The first-order valence-electron chi connectivity index (χ1n) is 4.30. The molecule has 2 rings (SSSR count). The van der Waals surface area contributed by atoms with Gasteiger partial charge in [-0.15, -0.1) is 0 Å². The fraction of sp³-hybridized carbons (Fsp3) is 0.333. The number of hydrogen-bond acceptors (Lipinski definition) is 2. The van der Waals surface area contributed by atoms with Crippen LogP contribution < -0.4 is 5.32 Å². The molecule has 2 unspecified atom stereocenters. The van der Waals surface area contributed by atoms with E-state index in [0.717, 1.165) is 5.56 Å². The van der Waals surface area contributed by atoms with Gasteiger partial charge in [-0.25, -0.2) is 0 Å². The largest absolute Gasteiger partial charge is 0.343 e. The Morgan fingerprint density at radius 2 is 2.08 bits per heavy atom. The van der Waals surface area contributed by atoms with Gasteiger partial charge in [0.05, 0.1) is 0 Å². The van der Waals surface area contributed by atoms with E-state index < -0.39 is 7.37 Å². The Kier molecular flexibility index (Phi) is 2.24. The summed E-state index contributed by atoms with van der Waals surface area (Å²) in [6, 6.07) is 9.43. The minimum absolute atomic E-state index is 0.353. The molecule has 0 amide bonds. The van der Waals surface area contributed by atoms with Crippen molar-refractivity contribution in [3.63, 3.8) is 0 Å². The van der Waals surface area contributed by atoms with E-state index in [4.69, 9.17) is 0 Å². The standard InChI is InChI=1S/C9H12NO2P/c11-13(12)7-6-10-9(13)8-4-2-1-3-5-8/h1-5,9-10H,6-7H2,(H,11,12). The zero-order valence-corrected chi connectivity index (χ0v) is 8.08. The Balaban J connectivity index is 2.32. The molecule has 2 N–H and O–H groups in total. The monoisotopic (exact) mass is 197 g/mol. The van der Waals surface area contributed by atoms with Crippen LogP contribution in [0.3, 0.4) is 0 Å². The van der Waals surface area contributed by atoms with Gasteiger partial charge in [-0.2, -0.15) is 0 Å². The lowest BCUT2D eigenvalue weighted by Crippen LogP contribution is -2.12. The van der Waals surface area contributed by atoms with Gasteiger partial charge in [-0.1, -0.05) is 30.3 Å². The Labute approximate surface area is 77.2 Å². The van der Waals surface area contributed by atoms with Crippen molar-refractivity contribution in [1.29, 1.82) is 0 Å². The predicted octanol–water partition coefficient (Wildman–Crippen LogP) is 1.56. The van der Waals surface area contributed by atoms with Gasteiger partial charge in [0.1, 0.15) is 5.78 Å². The van der Waals surface area contributed by atoms with Crippen LogP contribution in [0.25, 0.3) is 0 Å². The highest BCUT2D eigenvalue weighted by molar-refractivity contribution is 7.58. The fourth-order valence-electron chi connectivity index (χ4n) is 1.62. The van der Waals surface area contributed by atoms with Crippen molar-refractivity contribution in [2.75, 3.05) is 12.7 Å². The molecule has 0 saturated carbocycles. The van der Waals surface area contributed by atoms with Crippen LogP contribution >= 0.6 is 7.37 Å². The zero-order valence-electron chi connectivity index (χ0n) is 7.18. The van der Waals surface area contributed by atoms with Crippen LogP contribution in [0.4, 0.5) is 0 Å². The molecule has 3 nitrogen and oxygen atoms in total. The lowest BCUT2D eigenvalue weighted by Gasteiger charge is -2.14. The van der Waals surface area contributed by atoms with E-state index in [-0.39, 0.29) is 5.78 Å². The molecular weight excluding hydrogens is 185 g/mol. The summed E-state index contributed by atoms with van der Waals surface area (Å²) in [6.07, 6.45) is 0.382. The van der Waals surface area contributed by atoms with Gasteiger partial charge in [-0.05, 0) is 5.56 Å². The van der Waals surface area contributed by atoms with Crippen LogP contribution in [0, 0.1) is 0 Å². The lowest BCUT2D eigenvalue weighted by atomic mass is 10.2. The average molecular weight is 197 g/mol. The molecule has 1 aliphatic rings. The van der Waals surface area contributed by atoms with E-state index in [1.54, 1.807) is 0 Å². The molecule has 70 valence electrons. The first kappa shape index (κ1) is 8.95. The van der Waals surface area contributed by atoms with E-state index in [1.165, 1.54) is 0 Å². The molecule has 2 atom stereocenters. The summed E-state index contributed by atoms with van der Waals surface area (Å²) in [4.78, 5) is 9.60. The van der Waals surface area contributed by atoms with Gasteiger partial charge < -0.3 is 10.2 Å². The van der Waals surface area contributed by atoms with Crippen LogP contribution in [0.5, 0.6) is 0 Å². The third-order valence-electron chi connectivity index (χ3n) is 2.29. The highest BCUT2D eigenvalue weighted by Gasteiger charge is 2.36. The summed E-state index contributed by atoms with van der Waals surface area (Å²) >= 11 is 0. The fourth-order valence-corrected chi connectivity index (χ4v) is 3.38. The highest BCUT2D eigenvalue weighted by Crippen LogP contribution is 2.56. The number of hydrogen-bond donors (Lipinski definition) is 2. The molecule has 0 spiro atoms. The summed E-state index contributed by atoms with van der Waals surface area (Å²) < 4.78 is 11.6. The second-order valence-corrected chi connectivity index (χ2v) is 5.72. The van der Waals surface area contributed by atoms with E-state index in [0.29, 0.717) is 12.7 Å². The molecule has 4 heteroatoms. The molecule has 1 aliphatic heterocycles. The summed E-state index contributed by atoms with van der Waals surface area (Å²) in [6.45, 7) is 0.632. The molecule has 0 bridgehead atoms. The van der Waals surface area contributed by atoms with E-state index in [1.807, 2.05) is 30.3 Å². The van der Waals surface area contributed by atoms with Crippen LogP contribution in [-0.2, 0) is 4.57 Å². The molecule has 0 aromatic heterocycles. The SMILES string of the molecule is O=P1(O)CCNC1c1ccccc1. The Bertz CT molecular complexity index is 339. The van der Waals surface area contributed by atoms with Crippen molar-refractivity contribution in [3.05, 3.63) is 35.9 Å². The van der Waals surface area contributed by atoms with Gasteiger partial charge in [0.2, 0.25) is 7.37 Å². The zero-order chi connectivity index (χ0) is 9.31. The Hall–Kier alpha value is -0.630. The van der Waals surface area contributed by atoms with Gasteiger partial charge in [0.15, 0.2) is 0 Å². The predicted molar refractivity (Wildman–Crippen MR) is 51.9 cm³/mol. The first-order valence-corrected chi connectivity index (χ1v) is 6.21. The number of benzene rings is 1. The molecule has 1 saturated heterocycles. The minimum atomic E-state index is -2.99. The maximum absolute atomic E-state index is 11.6. The van der Waals surface area contributed by atoms with Crippen molar-refractivity contribution in [2.45, 2.75) is 5.78 Å². The highest BCUT2D eigenvalue weighted by atomic mass is 31.2. The van der Waals surface area contributed by atoms with Crippen molar-refractivity contribution in [1.82, 2.24) is 5.32 Å². The molecule has 0 aliphatic carbocycles. The molecule has 0 radical (unpaired) electrons. The van der Waals surface area contributed by atoms with Crippen molar-refractivity contribution >= 4 is 7.37 Å². The van der Waals surface area contributed by atoms with Crippen molar-refractivity contribution in [3.8, 4) is 0 Å². The number of nitrogens with one attached hydrogen (secondary N) is 1. The second-order valence-electron chi connectivity index (χ2n) is 3.25. The first-order chi connectivity index (χ1) is 6.20. The molecular formula is C9H12NO2P. The third kappa shape index (κ3) is 1.68.